The van der Waals surface area contributed by atoms with E-state index in [-0.39, 0.29) is 11.9 Å². The van der Waals surface area contributed by atoms with Crippen LogP contribution < -0.4 is 0 Å². The number of aromatic amines is 1. The maximum absolute atomic E-state index is 14.6. The number of morpholine rings is 1. The maximum atomic E-state index is 14.6. The highest BCUT2D eigenvalue weighted by Crippen LogP contribution is 2.36. The number of nitrogens with zero attached hydrogens (tertiary/aromatic N) is 3. The molecule has 0 bridgehead atoms. The Kier molecular flexibility index (Phi) is 5.56. The van der Waals surface area contributed by atoms with E-state index in [2.05, 4.69) is 21.2 Å². The van der Waals surface area contributed by atoms with E-state index in [0.29, 0.717) is 24.5 Å². The van der Waals surface area contributed by atoms with Crippen molar-refractivity contribution in [1.82, 2.24) is 20.1 Å². The van der Waals surface area contributed by atoms with Crippen LogP contribution in [0.15, 0.2) is 79.1 Å². The Morgan fingerprint density at radius 2 is 1.68 bits per heavy atom. The van der Waals surface area contributed by atoms with Crippen LogP contribution in [0.2, 0.25) is 0 Å². The predicted octanol–water partition coefficient (Wildman–Crippen LogP) is 4.70. The first-order valence-corrected chi connectivity index (χ1v) is 10.4. The molecule has 156 valence electrons. The van der Waals surface area contributed by atoms with Crippen LogP contribution in [0.3, 0.4) is 0 Å². The first-order valence-electron chi connectivity index (χ1n) is 10.4. The summed E-state index contributed by atoms with van der Waals surface area (Å²) in [6.45, 7) is 2.90. The lowest BCUT2D eigenvalue weighted by Crippen LogP contribution is -2.39. The Morgan fingerprint density at radius 3 is 2.42 bits per heavy atom. The number of H-pyrrole nitrogens is 1. The van der Waals surface area contributed by atoms with Gasteiger partial charge >= 0.3 is 0 Å². The average molecular weight is 414 g/mol. The zero-order valence-corrected chi connectivity index (χ0v) is 17.0. The second kappa shape index (κ2) is 8.79. The molecule has 2 aromatic carbocycles. The van der Waals surface area contributed by atoms with Crippen molar-refractivity contribution < 1.29 is 9.13 Å². The highest BCUT2D eigenvalue weighted by molar-refractivity contribution is 5.65. The highest BCUT2D eigenvalue weighted by atomic mass is 19.1. The van der Waals surface area contributed by atoms with Crippen molar-refractivity contribution in [2.45, 2.75) is 6.04 Å². The Bertz CT molecular complexity index is 1140. The highest BCUT2D eigenvalue weighted by Gasteiger charge is 2.29. The molecule has 5 rings (SSSR count). The van der Waals surface area contributed by atoms with Gasteiger partial charge in [-0.25, -0.2) is 4.39 Å². The van der Waals surface area contributed by atoms with Crippen LogP contribution in [0.25, 0.3) is 22.5 Å². The number of pyridine rings is 1. The van der Waals surface area contributed by atoms with Gasteiger partial charge in [0.05, 0.1) is 36.8 Å². The Morgan fingerprint density at radius 1 is 0.903 bits per heavy atom. The summed E-state index contributed by atoms with van der Waals surface area (Å²) in [5.74, 6) is -0.272. The van der Waals surface area contributed by atoms with Crippen molar-refractivity contribution in [2.24, 2.45) is 0 Å². The first kappa shape index (κ1) is 19.6. The number of ether oxygens (including phenoxy) is 1. The standard InChI is InChI=1S/C25H23FN4O/c26-22-9-5-4-8-20(22)24-21(17-28-29-24)25(30-12-14-31-15-13-30)19-10-11-23(27-16-19)18-6-2-1-3-7-18/h1-11,16-17,25H,12-15H2,(H,28,29). The fraction of sp³-hybridized carbons (Fsp3) is 0.200. The Hall–Kier alpha value is -3.35. The summed E-state index contributed by atoms with van der Waals surface area (Å²) in [5, 5.41) is 7.30. The van der Waals surface area contributed by atoms with Gasteiger partial charge in [-0.1, -0.05) is 48.5 Å². The number of rotatable bonds is 5. The third-order valence-electron chi connectivity index (χ3n) is 5.69. The summed E-state index contributed by atoms with van der Waals surface area (Å²) >= 11 is 0. The minimum atomic E-state index is -0.272. The molecule has 4 aromatic rings. The second-order valence-electron chi connectivity index (χ2n) is 7.57. The largest absolute Gasteiger partial charge is 0.379 e. The van der Waals surface area contributed by atoms with E-state index >= 15 is 0 Å². The maximum Gasteiger partial charge on any atom is 0.132 e. The first-order chi connectivity index (χ1) is 15.3. The van der Waals surface area contributed by atoms with Crippen LogP contribution in [0.1, 0.15) is 17.2 Å². The Labute approximate surface area is 180 Å². The van der Waals surface area contributed by atoms with Crippen molar-refractivity contribution in [3.8, 4) is 22.5 Å². The molecule has 0 spiro atoms. The van der Waals surface area contributed by atoms with E-state index in [9.17, 15) is 4.39 Å². The van der Waals surface area contributed by atoms with Crippen molar-refractivity contribution in [3.05, 3.63) is 96.1 Å². The summed E-state index contributed by atoms with van der Waals surface area (Å²) in [5.41, 5.74) is 5.18. The third-order valence-corrected chi connectivity index (χ3v) is 5.69. The summed E-state index contributed by atoms with van der Waals surface area (Å²) in [4.78, 5) is 7.08. The lowest BCUT2D eigenvalue weighted by Gasteiger charge is -2.34. The normalized spacial score (nSPS) is 15.6. The molecule has 0 saturated carbocycles. The molecule has 1 N–H and O–H groups in total. The van der Waals surface area contributed by atoms with E-state index in [0.717, 1.165) is 35.5 Å². The third kappa shape index (κ3) is 4.00. The number of halogens is 1. The second-order valence-corrected chi connectivity index (χ2v) is 7.57. The summed E-state index contributed by atoms with van der Waals surface area (Å²) < 4.78 is 20.2. The van der Waals surface area contributed by atoms with Crippen molar-refractivity contribution in [3.63, 3.8) is 0 Å². The molecule has 6 heteroatoms. The molecule has 1 unspecified atom stereocenters. The molecule has 0 radical (unpaired) electrons. The quantitative estimate of drug-likeness (QED) is 0.514. The van der Waals surface area contributed by atoms with Crippen LogP contribution in [0.5, 0.6) is 0 Å². The number of aromatic nitrogens is 3. The molecule has 1 aliphatic heterocycles. The van der Waals surface area contributed by atoms with Crippen LogP contribution in [0.4, 0.5) is 4.39 Å². The molecular weight excluding hydrogens is 391 g/mol. The fourth-order valence-electron chi connectivity index (χ4n) is 4.15. The van der Waals surface area contributed by atoms with Gasteiger partial charge < -0.3 is 4.74 Å². The molecule has 1 saturated heterocycles. The molecule has 0 aliphatic carbocycles. The van der Waals surface area contributed by atoms with Crippen LogP contribution >= 0.6 is 0 Å². The van der Waals surface area contributed by atoms with Crippen LogP contribution in [-0.4, -0.2) is 46.4 Å². The fourth-order valence-corrected chi connectivity index (χ4v) is 4.15. The van der Waals surface area contributed by atoms with Gasteiger partial charge in [-0.3, -0.25) is 15.0 Å². The molecular formula is C25H23FN4O. The van der Waals surface area contributed by atoms with Gasteiger partial charge in [0, 0.05) is 36.0 Å². The van der Waals surface area contributed by atoms with E-state index in [1.807, 2.05) is 48.7 Å². The summed E-state index contributed by atoms with van der Waals surface area (Å²) in [7, 11) is 0. The SMILES string of the molecule is Fc1ccccc1-c1[nH]ncc1C(c1ccc(-c2ccccc2)nc1)N1CCOCC1. The molecule has 1 aliphatic rings. The molecule has 1 atom stereocenters. The zero-order chi connectivity index (χ0) is 21.0. The molecule has 0 amide bonds. The molecule has 31 heavy (non-hydrogen) atoms. The van der Waals surface area contributed by atoms with Gasteiger partial charge in [-0.05, 0) is 23.8 Å². The van der Waals surface area contributed by atoms with Crippen molar-refractivity contribution >= 4 is 0 Å². The number of nitrogens with one attached hydrogen (secondary N) is 1. The van der Waals surface area contributed by atoms with Crippen molar-refractivity contribution in [1.29, 1.82) is 0 Å². The molecule has 2 aromatic heterocycles. The lowest BCUT2D eigenvalue weighted by atomic mass is 9.95. The van der Waals surface area contributed by atoms with E-state index < -0.39 is 0 Å². The van der Waals surface area contributed by atoms with Gasteiger partial charge in [0.2, 0.25) is 0 Å². The van der Waals surface area contributed by atoms with Crippen molar-refractivity contribution in [2.75, 3.05) is 26.3 Å². The average Bonchev–Trinajstić information content (AvgIpc) is 3.30. The lowest BCUT2D eigenvalue weighted by molar-refractivity contribution is 0.0240. The molecule has 3 heterocycles. The molecule has 5 nitrogen and oxygen atoms in total. The predicted molar refractivity (Wildman–Crippen MR) is 118 cm³/mol. The van der Waals surface area contributed by atoms with Gasteiger partial charge in [0.1, 0.15) is 5.82 Å². The van der Waals surface area contributed by atoms with E-state index in [1.165, 1.54) is 6.07 Å². The monoisotopic (exact) mass is 414 g/mol. The van der Waals surface area contributed by atoms with Crippen LogP contribution in [0, 0.1) is 5.82 Å². The number of hydrogen-bond donors (Lipinski definition) is 1. The zero-order valence-electron chi connectivity index (χ0n) is 17.0. The Balaban J connectivity index is 1.57. The molecule has 1 fully saturated rings. The minimum absolute atomic E-state index is 0.102. The minimum Gasteiger partial charge on any atom is -0.379 e. The number of hydrogen-bond acceptors (Lipinski definition) is 4. The van der Waals surface area contributed by atoms with Gasteiger partial charge in [0.15, 0.2) is 0 Å². The van der Waals surface area contributed by atoms with Crippen LogP contribution in [-0.2, 0) is 4.74 Å². The van der Waals surface area contributed by atoms with E-state index in [1.54, 1.807) is 18.3 Å². The topological polar surface area (TPSA) is 54.0 Å². The van der Waals surface area contributed by atoms with Gasteiger partial charge in [-0.15, -0.1) is 0 Å². The van der Waals surface area contributed by atoms with E-state index in [4.69, 9.17) is 9.72 Å². The smallest absolute Gasteiger partial charge is 0.132 e. The van der Waals surface area contributed by atoms with Gasteiger partial charge in [-0.2, -0.15) is 5.10 Å². The van der Waals surface area contributed by atoms with Gasteiger partial charge in [0.25, 0.3) is 0 Å². The number of benzene rings is 2. The summed E-state index contributed by atoms with van der Waals surface area (Å²) in [6, 6.07) is 20.9. The summed E-state index contributed by atoms with van der Waals surface area (Å²) in [6.07, 6.45) is 3.72.